The van der Waals surface area contributed by atoms with Gasteiger partial charge in [-0.1, -0.05) is 59.1 Å². The third kappa shape index (κ3) is 3.60. The summed E-state index contributed by atoms with van der Waals surface area (Å²) in [6.07, 6.45) is 0. The number of pyridine rings is 1. The molecule has 2 aromatic heterocycles. The summed E-state index contributed by atoms with van der Waals surface area (Å²) in [7, 11) is 0. The van der Waals surface area contributed by atoms with E-state index in [4.69, 9.17) is 27.6 Å². The first-order chi connectivity index (χ1) is 15.9. The average molecular weight is 477 g/mol. The molecule has 0 radical (unpaired) electrons. The van der Waals surface area contributed by atoms with Crippen LogP contribution in [0.5, 0.6) is 0 Å². The smallest absolute Gasteiger partial charge is 0.262 e. The zero-order valence-corrected chi connectivity index (χ0v) is 20.0. The number of fused-ring (bicyclic) bond motifs is 3. The minimum Gasteiger partial charge on any atom is -0.439 e. The Morgan fingerprint density at radius 3 is 2.52 bits per heavy atom. The molecule has 0 aliphatic carbocycles. The lowest BCUT2D eigenvalue weighted by Crippen LogP contribution is -2.19. The Kier molecular flexibility index (Phi) is 5.43. The van der Waals surface area contributed by atoms with Crippen LogP contribution in [0.15, 0.2) is 69.9 Å². The summed E-state index contributed by atoms with van der Waals surface area (Å²) >= 11 is 12.8. The van der Waals surface area contributed by atoms with Crippen LogP contribution >= 0.6 is 23.2 Å². The Morgan fingerprint density at radius 2 is 1.79 bits per heavy atom. The maximum Gasteiger partial charge on any atom is 0.262 e. The quantitative estimate of drug-likeness (QED) is 0.285. The fourth-order valence-corrected chi connectivity index (χ4v) is 4.90. The highest BCUT2D eigenvalue weighted by molar-refractivity contribution is 6.37. The predicted molar refractivity (Wildman–Crippen MR) is 138 cm³/mol. The van der Waals surface area contributed by atoms with Gasteiger partial charge in [-0.25, -0.2) is 0 Å². The van der Waals surface area contributed by atoms with E-state index in [0.717, 1.165) is 22.2 Å². The van der Waals surface area contributed by atoms with Gasteiger partial charge in [0, 0.05) is 28.2 Å². The molecule has 5 aromatic rings. The van der Waals surface area contributed by atoms with Gasteiger partial charge in [-0.15, -0.1) is 0 Å². The Hall–Kier alpha value is -3.21. The van der Waals surface area contributed by atoms with E-state index in [-0.39, 0.29) is 5.56 Å². The van der Waals surface area contributed by atoms with Gasteiger partial charge in [-0.05, 0) is 56.7 Å². The molecule has 3 aromatic carbocycles. The van der Waals surface area contributed by atoms with Gasteiger partial charge >= 0.3 is 0 Å². The number of anilines is 2. The normalized spacial score (nSPS) is 11.4. The SMILES string of the molecule is CCn1c(=O)c2c(-c3ccc(Cl)cc3Cl)c(Nc3ccc(C)cc3C)oc2c2ccccc21. The summed E-state index contributed by atoms with van der Waals surface area (Å²) in [6.45, 7) is 6.58. The summed E-state index contributed by atoms with van der Waals surface area (Å²) in [4.78, 5) is 13.7. The fraction of sp³-hybridized carbons (Fsp3) is 0.148. The molecule has 1 N–H and O–H groups in total. The molecule has 166 valence electrons. The van der Waals surface area contributed by atoms with Crippen LogP contribution in [0, 0.1) is 13.8 Å². The Labute approximate surface area is 201 Å². The molecule has 0 aliphatic rings. The number of hydrogen-bond acceptors (Lipinski definition) is 3. The number of aromatic nitrogens is 1. The molecule has 0 saturated carbocycles. The molecule has 0 unspecified atom stereocenters. The second-order valence-electron chi connectivity index (χ2n) is 8.14. The molecular formula is C27H22Cl2N2O2. The number of furan rings is 1. The van der Waals surface area contributed by atoms with Crippen molar-refractivity contribution in [3.63, 3.8) is 0 Å². The van der Waals surface area contributed by atoms with Crippen molar-refractivity contribution < 1.29 is 4.42 Å². The van der Waals surface area contributed by atoms with Gasteiger partial charge in [0.15, 0.2) is 5.58 Å². The summed E-state index contributed by atoms with van der Waals surface area (Å²) in [6, 6.07) is 19.2. The van der Waals surface area contributed by atoms with E-state index < -0.39 is 0 Å². The highest BCUT2D eigenvalue weighted by atomic mass is 35.5. The van der Waals surface area contributed by atoms with Gasteiger partial charge in [-0.3, -0.25) is 4.79 Å². The van der Waals surface area contributed by atoms with Crippen LogP contribution in [0.25, 0.3) is 33.0 Å². The molecule has 4 nitrogen and oxygen atoms in total. The molecule has 0 spiro atoms. The second kappa shape index (κ2) is 8.29. The Balaban J connectivity index is 1.90. The number of halogens is 2. The van der Waals surface area contributed by atoms with Crippen LogP contribution < -0.4 is 10.9 Å². The Morgan fingerprint density at radius 1 is 1.00 bits per heavy atom. The van der Waals surface area contributed by atoms with Crippen molar-refractivity contribution in [1.29, 1.82) is 0 Å². The van der Waals surface area contributed by atoms with Gasteiger partial charge in [-0.2, -0.15) is 0 Å². The van der Waals surface area contributed by atoms with E-state index in [0.29, 0.717) is 44.6 Å². The molecule has 0 saturated heterocycles. The molecule has 0 atom stereocenters. The van der Waals surface area contributed by atoms with E-state index in [9.17, 15) is 4.79 Å². The molecule has 6 heteroatoms. The molecule has 0 aliphatic heterocycles. The van der Waals surface area contributed by atoms with Gasteiger partial charge in [0.05, 0.1) is 21.5 Å². The van der Waals surface area contributed by atoms with Crippen LogP contribution in [0.3, 0.4) is 0 Å². The summed E-state index contributed by atoms with van der Waals surface area (Å²) in [5.41, 5.74) is 5.69. The van der Waals surface area contributed by atoms with Crippen LogP contribution in [0.4, 0.5) is 11.6 Å². The fourth-order valence-electron chi connectivity index (χ4n) is 4.40. The first kappa shape index (κ1) is 21.6. The van der Waals surface area contributed by atoms with Crippen molar-refractivity contribution >= 4 is 56.6 Å². The monoisotopic (exact) mass is 476 g/mol. The predicted octanol–water partition coefficient (Wildman–Crippen LogP) is 8.10. The molecule has 5 rings (SSSR count). The van der Waals surface area contributed by atoms with Crippen LogP contribution in [-0.2, 0) is 6.54 Å². The third-order valence-corrected chi connectivity index (χ3v) is 6.50. The van der Waals surface area contributed by atoms with E-state index in [2.05, 4.69) is 18.3 Å². The summed E-state index contributed by atoms with van der Waals surface area (Å²) in [5.74, 6) is 0.470. The molecular weight excluding hydrogens is 455 g/mol. The lowest BCUT2D eigenvalue weighted by Gasteiger charge is -2.11. The minimum atomic E-state index is -0.121. The largest absolute Gasteiger partial charge is 0.439 e. The summed E-state index contributed by atoms with van der Waals surface area (Å²) in [5, 5.41) is 5.76. The van der Waals surface area contributed by atoms with E-state index in [1.54, 1.807) is 16.7 Å². The third-order valence-electron chi connectivity index (χ3n) is 5.95. The van der Waals surface area contributed by atoms with Crippen molar-refractivity contribution in [1.82, 2.24) is 4.57 Å². The maximum absolute atomic E-state index is 13.7. The minimum absolute atomic E-state index is 0.121. The maximum atomic E-state index is 13.7. The number of benzene rings is 3. The van der Waals surface area contributed by atoms with E-state index >= 15 is 0 Å². The van der Waals surface area contributed by atoms with Gasteiger partial charge < -0.3 is 14.3 Å². The van der Waals surface area contributed by atoms with Crippen LogP contribution in [-0.4, -0.2) is 4.57 Å². The number of aryl methyl sites for hydroxylation is 3. The first-order valence-electron chi connectivity index (χ1n) is 10.8. The topological polar surface area (TPSA) is 47.2 Å². The van der Waals surface area contributed by atoms with Crippen molar-refractivity contribution in [3.05, 3.63) is 92.2 Å². The van der Waals surface area contributed by atoms with Crippen molar-refractivity contribution in [3.8, 4) is 11.1 Å². The zero-order chi connectivity index (χ0) is 23.3. The van der Waals surface area contributed by atoms with Gasteiger partial charge in [0.2, 0.25) is 5.88 Å². The number of rotatable bonds is 4. The zero-order valence-electron chi connectivity index (χ0n) is 18.5. The molecule has 33 heavy (non-hydrogen) atoms. The lowest BCUT2D eigenvalue weighted by atomic mass is 10.0. The van der Waals surface area contributed by atoms with Crippen molar-refractivity contribution in [2.75, 3.05) is 5.32 Å². The number of para-hydroxylation sites is 1. The molecule has 2 heterocycles. The Bertz CT molecular complexity index is 1600. The van der Waals surface area contributed by atoms with Gasteiger partial charge in [0.25, 0.3) is 5.56 Å². The van der Waals surface area contributed by atoms with E-state index in [1.165, 1.54) is 5.56 Å². The molecule has 0 bridgehead atoms. The summed E-state index contributed by atoms with van der Waals surface area (Å²) < 4.78 is 8.17. The van der Waals surface area contributed by atoms with E-state index in [1.807, 2.05) is 56.3 Å². The van der Waals surface area contributed by atoms with Crippen molar-refractivity contribution in [2.45, 2.75) is 27.3 Å². The number of nitrogens with zero attached hydrogens (tertiary/aromatic N) is 1. The van der Waals surface area contributed by atoms with Gasteiger partial charge in [0.1, 0.15) is 0 Å². The molecule has 0 amide bonds. The number of hydrogen-bond donors (Lipinski definition) is 1. The lowest BCUT2D eigenvalue weighted by molar-refractivity contribution is 0.637. The average Bonchev–Trinajstić information content (AvgIpc) is 3.15. The highest BCUT2D eigenvalue weighted by Gasteiger charge is 2.25. The second-order valence-corrected chi connectivity index (χ2v) is 8.99. The van der Waals surface area contributed by atoms with Crippen molar-refractivity contribution in [2.24, 2.45) is 0 Å². The van der Waals surface area contributed by atoms with Crippen LogP contribution in [0.2, 0.25) is 10.0 Å². The molecule has 0 fully saturated rings. The number of nitrogens with one attached hydrogen (secondary N) is 1. The first-order valence-corrected chi connectivity index (χ1v) is 11.5. The standard InChI is InChI=1S/C27H22Cl2N2O2/c1-4-31-22-8-6-5-7-19(22)25-24(27(31)32)23(18-11-10-17(28)14-20(18)29)26(33-25)30-21-12-9-15(2)13-16(21)3/h5-14,30H,4H2,1-3H3. The highest BCUT2D eigenvalue weighted by Crippen LogP contribution is 2.44. The van der Waals surface area contributed by atoms with Crippen LogP contribution in [0.1, 0.15) is 18.1 Å².